The average molecular weight is 547 g/mol. The van der Waals surface area contributed by atoms with Crippen molar-refractivity contribution in [3.05, 3.63) is 104 Å². The maximum atomic E-state index is 12.8. The first-order valence-corrected chi connectivity index (χ1v) is 14.0. The molecule has 0 bridgehead atoms. The van der Waals surface area contributed by atoms with Crippen LogP contribution in [0.1, 0.15) is 23.1 Å². The molecule has 0 saturated heterocycles. The fraction of sp³-hybridized carbons (Fsp3) is 0.407. The Morgan fingerprint density at radius 3 is 2.08 bits per heavy atom. The molecule has 2 aromatic carbocycles. The molecule has 206 valence electrons. The van der Waals surface area contributed by atoms with Crippen molar-refractivity contribution in [2.24, 2.45) is 0 Å². The molecule has 0 aliphatic carbocycles. The number of aromatic nitrogens is 2. The number of ether oxygens (including phenoxy) is 3. The van der Waals surface area contributed by atoms with Crippen molar-refractivity contribution in [3.8, 4) is 0 Å². The number of nitrogens with one attached hydrogen (secondary N) is 1. The van der Waals surface area contributed by atoms with E-state index in [0.717, 1.165) is 11.1 Å². The summed E-state index contributed by atoms with van der Waals surface area (Å²) >= 11 is 0. The molecule has 0 saturated carbocycles. The Bertz CT molecular complexity index is 1270. The molecular weight excluding hydrogens is 511 g/mol. The number of benzene rings is 2. The monoisotopic (exact) mass is 546 g/mol. The standard InChI is InChI=1S/C27H35N2O8P/c1-21-16-29(27(31)28-26(21)30)20-37-24(14-15-38(32,33-2)34-3)25(36-18-23-12-8-5-9-13-23)19-35-17-22-10-6-4-7-11-22/h4-13,16,24-25H,14-15,17-20H2,1-3H3,(H,28,30,31)/t24-,25+/m1/s1. The first-order valence-electron chi connectivity index (χ1n) is 12.2. The zero-order valence-electron chi connectivity index (χ0n) is 21.9. The third-order valence-corrected chi connectivity index (χ3v) is 7.89. The van der Waals surface area contributed by atoms with E-state index in [1.165, 1.54) is 25.0 Å². The SMILES string of the molecule is COP(=O)(CC[C@@H](OCn1cc(C)c(=O)[nH]c1=O)[C@H](COCc1ccccc1)OCc1ccccc1)OC. The third kappa shape index (κ3) is 9.16. The maximum absolute atomic E-state index is 12.8. The molecule has 1 aromatic heterocycles. The number of aryl methyl sites for hydroxylation is 1. The zero-order valence-corrected chi connectivity index (χ0v) is 22.8. The van der Waals surface area contributed by atoms with E-state index >= 15 is 0 Å². The predicted molar refractivity (Wildman–Crippen MR) is 143 cm³/mol. The van der Waals surface area contributed by atoms with Crippen LogP contribution in [0.4, 0.5) is 0 Å². The number of H-pyrrole nitrogens is 1. The Hall–Kier alpha value is -2.85. The number of aromatic amines is 1. The second-order valence-corrected chi connectivity index (χ2v) is 11.1. The van der Waals surface area contributed by atoms with Crippen molar-refractivity contribution in [1.29, 1.82) is 0 Å². The molecule has 0 fully saturated rings. The lowest BCUT2D eigenvalue weighted by Crippen LogP contribution is -2.39. The van der Waals surface area contributed by atoms with Gasteiger partial charge in [0.1, 0.15) is 12.8 Å². The van der Waals surface area contributed by atoms with Gasteiger partial charge in [-0.1, -0.05) is 60.7 Å². The Morgan fingerprint density at radius 2 is 1.47 bits per heavy atom. The summed E-state index contributed by atoms with van der Waals surface area (Å²) in [5, 5.41) is 0. The molecule has 3 aromatic rings. The smallest absolute Gasteiger partial charge is 0.330 e. The van der Waals surface area contributed by atoms with Gasteiger partial charge >= 0.3 is 13.3 Å². The van der Waals surface area contributed by atoms with Crippen LogP contribution >= 0.6 is 7.60 Å². The summed E-state index contributed by atoms with van der Waals surface area (Å²) in [7, 11) is -0.680. The Labute approximate surface area is 222 Å². The molecule has 0 aliphatic rings. The van der Waals surface area contributed by atoms with Crippen molar-refractivity contribution >= 4 is 7.60 Å². The quantitative estimate of drug-likeness (QED) is 0.269. The van der Waals surface area contributed by atoms with E-state index in [1.54, 1.807) is 6.92 Å². The van der Waals surface area contributed by atoms with Gasteiger partial charge in [-0.25, -0.2) is 4.79 Å². The van der Waals surface area contributed by atoms with Crippen LogP contribution in [0.5, 0.6) is 0 Å². The lowest BCUT2D eigenvalue weighted by Gasteiger charge is -2.29. The van der Waals surface area contributed by atoms with Crippen molar-refractivity contribution in [2.75, 3.05) is 27.0 Å². The van der Waals surface area contributed by atoms with E-state index in [4.69, 9.17) is 23.3 Å². The third-order valence-electron chi connectivity index (χ3n) is 5.98. The van der Waals surface area contributed by atoms with Gasteiger partial charge in [0.05, 0.1) is 32.1 Å². The van der Waals surface area contributed by atoms with Crippen molar-refractivity contribution in [2.45, 2.75) is 45.5 Å². The molecule has 2 atom stereocenters. The predicted octanol–water partition coefficient (Wildman–Crippen LogP) is 3.87. The van der Waals surface area contributed by atoms with Crippen LogP contribution in [0.3, 0.4) is 0 Å². The molecule has 1 heterocycles. The van der Waals surface area contributed by atoms with Gasteiger partial charge in [0.2, 0.25) is 0 Å². The molecule has 10 nitrogen and oxygen atoms in total. The lowest BCUT2D eigenvalue weighted by molar-refractivity contribution is -0.127. The second-order valence-electron chi connectivity index (χ2n) is 8.70. The van der Waals surface area contributed by atoms with E-state index in [-0.39, 0.29) is 25.9 Å². The fourth-order valence-corrected chi connectivity index (χ4v) is 4.80. The highest BCUT2D eigenvalue weighted by Crippen LogP contribution is 2.47. The number of hydrogen-bond acceptors (Lipinski definition) is 8. The van der Waals surface area contributed by atoms with Gasteiger partial charge in [0.15, 0.2) is 0 Å². The van der Waals surface area contributed by atoms with Crippen LogP contribution < -0.4 is 11.2 Å². The zero-order chi connectivity index (χ0) is 27.4. The molecule has 0 radical (unpaired) electrons. The molecule has 0 aliphatic heterocycles. The van der Waals surface area contributed by atoms with Crippen molar-refractivity contribution in [1.82, 2.24) is 9.55 Å². The summed E-state index contributed by atoms with van der Waals surface area (Å²) in [6.45, 7) is 2.28. The summed E-state index contributed by atoms with van der Waals surface area (Å²) < 4.78 is 42.7. The highest BCUT2D eigenvalue weighted by Gasteiger charge is 2.29. The van der Waals surface area contributed by atoms with Crippen LogP contribution in [0, 0.1) is 6.92 Å². The number of rotatable bonds is 16. The van der Waals surface area contributed by atoms with Gasteiger partial charge in [-0.15, -0.1) is 0 Å². The van der Waals surface area contributed by atoms with Gasteiger partial charge < -0.3 is 23.3 Å². The van der Waals surface area contributed by atoms with E-state index in [1.807, 2.05) is 60.7 Å². The summed E-state index contributed by atoms with van der Waals surface area (Å²) in [4.78, 5) is 26.3. The van der Waals surface area contributed by atoms with Gasteiger partial charge in [-0.2, -0.15) is 0 Å². The molecule has 0 unspecified atom stereocenters. The molecule has 0 amide bonds. The van der Waals surface area contributed by atoms with E-state index < -0.39 is 31.1 Å². The second kappa shape index (κ2) is 14.9. The molecule has 1 N–H and O–H groups in total. The van der Waals surface area contributed by atoms with Crippen LogP contribution in [0.2, 0.25) is 0 Å². The minimum absolute atomic E-state index is 0.0636. The van der Waals surface area contributed by atoms with Crippen LogP contribution in [-0.4, -0.2) is 48.7 Å². The summed E-state index contributed by atoms with van der Waals surface area (Å²) in [6, 6.07) is 19.4. The normalized spacial score (nSPS) is 13.3. The summed E-state index contributed by atoms with van der Waals surface area (Å²) in [5.74, 6) is 0. The first-order chi connectivity index (χ1) is 18.3. The van der Waals surface area contributed by atoms with E-state index in [2.05, 4.69) is 4.98 Å². The largest absolute Gasteiger partial charge is 0.374 e. The van der Waals surface area contributed by atoms with Gasteiger partial charge in [0.25, 0.3) is 5.56 Å². The molecule has 3 rings (SSSR count). The number of nitrogens with zero attached hydrogens (tertiary/aromatic N) is 1. The van der Waals surface area contributed by atoms with Gasteiger partial charge in [-0.3, -0.25) is 18.9 Å². The lowest BCUT2D eigenvalue weighted by atomic mass is 10.1. The van der Waals surface area contributed by atoms with Crippen LogP contribution in [-0.2, 0) is 47.8 Å². The Morgan fingerprint density at radius 1 is 0.868 bits per heavy atom. The molecule has 11 heteroatoms. The van der Waals surface area contributed by atoms with Crippen molar-refractivity contribution < 1.29 is 27.8 Å². The van der Waals surface area contributed by atoms with Gasteiger partial charge in [-0.05, 0) is 24.5 Å². The fourth-order valence-electron chi connectivity index (χ4n) is 3.72. The summed E-state index contributed by atoms with van der Waals surface area (Å²) in [5.41, 5.74) is 1.29. The van der Waals surface area contributed by atoms with Crippen LogP contribution in [0.25, 0.3) is 0 Å². The maximum Gasteiger partial charge on any atom is 0.330 e. The molecule has 38 heavy (non-hydrogen) atoms. The minimum atomic E-state index is -3.34. The van der Waals surface area contributed by atoms with E-state index in [0.29, 0.717) is 18.8 Å². The van der Waals surface area contributed by atoms with Crippen LogP contribution in [0.15, 0.2) is 76.4 Å². The van der Waals surface area contributed by atoms with Crippen molar-refractivity contribution in [3.63, 3.8) is 0 Å². The molecule has 0 spiro atoms. The highest BCUT2D eigenvalue weighted by atomic mass is 31.2. The number of hydrogen-bond donors (Lipinski definition) is 1. The highest BCUT2D eigenvalue weighted by molar-refractivity contribution is 7.53. The Balaban J connectivity index is 1.80. The topological polar surface area (TPSA) is 118 Å². The average Bonchev–Trinajstić information content (AvgIpc) is 2.94. The Kier molecular flexibility index (Phi) is 11.7. The molecular formula is C27H35N2O8P. The summed E-state index contributed by atoms with van der Waals surface area (Å²) in [6.07, 6.45) is 0.505. The first kappa shape index (κ1) is 29.7. The minimum Gasteiger partial charge on any atom is -0.374 e. The van der Waals surface area contributed by atoms with Gasteiger partial charge in [0, 0.05) is 26.0 Å². The van der Waals surface area contributed by atoms with E-state index in [9.17, 15) is 14.2 Å².